The van der Waals surface area contributed by atoms with Gasteiger partial charge in [-0.05, 0) is 42.0 Å². The Morgan fingerprint density at radius 1 is 1.09 bits per heavy atom. The zero-order valence-electron chi connectivity index (χ0n) is 16.9. The predicted molar refractivity (Wildman–Crippen MR) is 123 cm³/mol. The fourth-order valence-corrected chi connectivity index (χ4v) is 4.38. The van der Waals surface area contributed by atoms with Gasteiger partial charge in [-0.1, -0.05) is 35.1 Å². The summed E-state index contributed by atoms with van der Waals surface area (Å²) in [5, 5.41) is 18.3. The lowest BCUT2D eigenvalue weighted by atomic mass is 10.1. The van der Waals surface area contributed by atoms with Crippen molar-refractivity contribution in [2.75, 3.05) is 7.11 Å². The molecule has 0 unspecified atom stereocenters. The van der Waals surface area contributed by atoms with Crippen molar-refractivity contribution >= 4 is 39.6 Å². The van der Waals surface area contributed by atoms with Gasteiger partial charge in [0.25, 0.3) is 0 Å². The van der Waals surface area contributed by atoms with E-state index >= 15 is 0 Å². The van der Waals surface area contributed by atoms with Crippen LogP contribution >= 0.6 is 22.9 Å². The number of methoxy groups -OCH3 is 1. The summed E-state index contributed by atoms with van der Waals surface area (Å²) in [7, 11) is 1.60. The molecule has 0 N–H and O–H groups in total. The second-order valence-corrected chi connectivity index (χ2v) is 8.47. The molecule has 7 nitrogen and oxygen atoms in total. The fourth-order valence-electron chi connectivity index (χ4n) is 3.47. The van der Waals surface area contributed by atoms with Crippen LogP contribution in [0.2, 0.25) is 5.02 Å². The highest BCUT2D eigenvalue weighted by Crippen LogP contribution is 2.30. The van der Waals surface area contributed by atoms with Gasteiger partial charge in [0.2, 0.25) is 5.78 Å². The van der Waals surface area contributed by atoms with Gasteiger partial charge in [0.15, 0.2) is 5.01 Å². The van der Waals surface area contributed by atoms with Crippen molar-refractivity contribution in [1.82, 2.24) is 25.0 Å². The first-order valence-corrected chi connectivity index (χ1v) is 10.9. The Bertz CT molecular complexity index is 1410. The molecule has 2 aromatic carbocycles. The number of ketones is 1. The normalized spacial score (nSPS) is 11.1. The zero-order chi connectivity index (χ0) is 22.1. The zero-order valence-corrected chi connectivity index (χ0v) is 18.5. The summed E-state index contributed by atoms with van der Waals surface area (Å²) in [6, 6.07) is 15.1. The third-order valence-corrected chi connectivity index (χ3v) is 6.27. The minimum Gasteiger partial charge on any atom is -0.497 e. The number of aromatic nitrogens is 5. The van der Waals surface area contributed by atoms with Crippen LogP contribution in [0.5, 0.6) is 5.75 Å². The van der Waals surface area contributed by atoms with E-state index < -0.39 is 0 Å². The molecule has 0 aliphatic heterocycles. The van der Waals surface area contributed by atoms with Gasteiger partial charge >= 0.3 is 0 Å². The van der Waals surface area contributed by atoms with Gasteiger partial charge in [-0.15, -0.1) is 10.2 Å². The molecule has 3 heterocycles. The standard InChI is InChI=1S/C23H16ClN5O2S/c1-31-17-6-7-20-18(10-17)19(13-29(20)12-14-2-4-16(24)5-3-14)21(30)23-28-27-22(32-23)15-8-9-25-26-11-15/h2-11,13H,12H2,1H3. The summed E-state index contributed by atoms with van der Waals surface area (Å²) < 4.78 is 7.43. The maximum Gasteiger partial charge on any atom is 0.225 e. The Balaban J connectivity index is 1.56. The van der Waals surface area contributed by atoms with Gasteiger partial charge < -0.3 is 9.30 Å². The second-order valence-electron chi connectivity index (χ2n) is 7.05. The van der Waals surface area contributed by atoms with Crippen molar-refractivity contribution in [3.8, 4) is 16.3 Å². The third-order valence-electron chi connectivity index (χ3n) is 5.05. The summed E-state index contributed by atoms with van der Waals surface area (Å²) in [5.74, 6) is 0.487. The first-order valence-electron chi connectivity index (χ1n) is 9.69. The average molecular weight is 462 g/mol. The van der Waals surface area contributed by atoms with Crippen LogP contribution in [0.3, 0.4) is 0 Å². The molecule has 5 rings (SSSR count). The Morgan fingerprint density at radius 3 is 2.69 bits per heavy atom. The average Bonchev–Trinajstić information content (AvgIpc) is 3.46. The predicted octanol–water partition coefficient (Wildman–Crippen LogP) is 4.89. The van der Waals surface area contributed by atoms with E-state index in [0.717, 1.165) is 22.0 Å². The van der Waals surface area contributed by atoms with Crippen LogP contribution in [0.4, 0.5) is 0 Å². The Kier molecular flexibility index (Phi) is 5.38. The number of halogens is 1. The summed E-state index contributed by atoms with van der Waals surface area (Å²) in [4.78, 5) is 13.4. The molecular weight excluding hydrogens is 446 g/mol. The SMILES string of the molecule is COc1ccc2c(c1)c(C(=O)c1nnc(-c3ccnnc3)s1)cn2Cc1ccc(Cl)cc1. The van der Waals surface area contributed by atoms with Gasteiger partial charge in [-0.25, -0.2) is 0 Å². The van der Waals surface area contributed by atoms with E-state index in [1.54, 1.807) is 25.6 Å². The third kappa shape index (κ3) is 3.86. The van der Waals surface area contributed by atoms with E-state index in [0.29, 0.717) is 32.9 Å². The van der Waals surface area contributed by atoms with Gasteiger partial charge in [-0.2, -0.15) is 10.2 Å². The van der Waals surface area contributed by atoms with Crippen LogP contribution in [0.25, 0.3) is 21.5 Å². The van der Waals surface area contributed by atoms with E-state index in [1.807, 2.05) is 53.2 Å². The van der Waals surface area contributed by atoms with E-state index in [9.17, 15) is 4.79 Å². The van der Waals surface area contributed by atoms with Crippen molar-refractivity contribution in [2.24, 2.45) is 0 Å². The molecule has 3 aromatic heterocycles. The molecule has 0 saturated heterocycles. The first-order chi connectivity index (χ1) is 15.6. The molecule has 9 heteroatoms. The van der Waals surface area contributed by atoms with E-state index in [4.69, 9.17) is 16.3 Å². The molecular formula is C23H16ClN5O2S. The minimum absolute atomic E-state index is 0.191. The van der Waals surface area contributed by atoms with Crippen molar-refractivity contribution in [2.45, 2.75) is 6.54 Å². The van der Waals surface area contributed by atoms with Gasteiger partial charge in [0.05, 0.1) is 25.1 Å². The maximum atomic E-state index is 13.4. The number of ether oxygens (including phenoxy) is 1. The molecule has 0 saturated carbocycles. The smallest absolute Gasteiger partial charge is 0.225 e. The van der Waals surface area contributed by atoms with Crippen molar-refractivity contribution in [1.29, 1.82) is 0 Å². The first kappa shape index (κ1) is 20.3. The lowest BCUT2D eigenvalue weighted by molar-refractivity contribution is 0.103. The van der Waals surface area contributed by atoms with Crippen molar-refractivity contribution < 1.29 is 9.53 Å². The van der Waals surface area contributed by atoms with Crippen molar-refractivity contribution in [3.05, 3.63) is 88.3 Å². The number of nitrogens with zero attached hydrogens (tertiary/aromatic N) is 5. The highest BCUT2D eigenvalue weighted by atomic mass is 35.5. The van der Waals surface area contributed by atoms with Gasteiger partial charge in [0, 0.05) is 34.2 Å². The fraction of sp³-hybridized carbons (Fsp3) is 0.0870. The quantitative estimate of drug-likeness (QED) is 0.335. The molecule has 0 aliphatic rings. The number of hydrogen-bond donors (Lipinski definition) is 0. The molecule has 5 aromatic rings. The Morgan fingerprint density at radius 2 is 1.94 bits per heavy atom. The molecule has 0 fully saturated rings. The summed E-state index contributed by atoms with van der Waals surface area (Å²) in [6.07, 6.45) is 5.03. The number of rotatable bonds is 6. The lowest BCUT2D eigenvalue weighted by Gasteiger charge is -2.06. The van der Waals surface area contributed by atoms with Gasteiger partial charge in [-0.3, -0.25) is 4.79 Å². The summed E-state index contributed by atoms with van der Waals surface area (Å²) in [6.45, 7) is 0.595. The monoisotopic (exact) mass is 461 g/mol. The highest BCUT2D eigenvalue weighted by molar-refractivity contribution is 7.16. The molecule has 0 atom stereocenters. The molecule has 0 bridgehead atoms. The van der Waals surface area contributed by atoms with E-state index in [-0.39, 0.29) is 5.78 Å². The molecule has 0 radical (unpaired) electrons. The summed E-state index contributed by atoms with van der Waals surface area (Å²) in [5.41, 5.74) is 3.31. The molecule has 0 amide bonds. The van der Waals surface area contributed by atoms with Crippen molar-refractivity contribution in [3.63, 3.8) is 0 Å². The van der Waals surface area contributed by atoms with Crippen LogP contribution in [0.15, 0.2) is 67.1 Å². The van der Waals surface area contributed by atoms with E-state index in [2.05, 4.69) is 20.4 Å². The summed E-state index contributed by atoms with van der Waals surface area (Å²) >= 11 is 7.25. The largest absolute Gasteiger partial charge is 0.497 e. The van der Waals surface area contributed by atoms with Crippen LogP contribution in [-0.2, 0) is 6.54 Å². The maximum absolute atomic E-state index is 13.4. The van der Waals surface area contributed by atoms with Crippen LogP contribution < -0.4 is 4.74 Å². The molecule has 32 heavy (non-hydrogen) atoms. The minimum atomic E-state index is -0.191. The van der Waals surface area contributed by atoms with E-state index in [1.165, 1.54) is 11.3 Å². The second kappa shape index (κ2) is 8.49. The van der Waals surface area contributed by atoms with Gasteiger partial charge in [0.1, 0.15) is 10.8 Å². The molecule has 0 aliphatic carbocycles. The number of carbonyl (C=O) groups is 1. The van der Waals surface area contributed by atoms with Crippen LogP contribution in [0.1, 0.15) is 20.9 Å². The topological polar surface area (TPSA) is 82.8 Å². The number of fused-ring (bicyclic) bond motifs is 1. The van der Waals surface area contributed by atoms with Crippen LogP contribution in [0, 0.1) is 0 Å². The number of benzene rings is 2. The van der Waals surface area contributed by atoms with Crippen LogP contribution in [-0.4, -0.2) is 37.9 Å². The molecule has 158 valence electrons. The Hall–Kier alpha value is -3.62. The number of carbonyl (C=O) groups excluding carboxylic acids is 1. The molecule has 0 spiro atoms. The number of hydrogen-bond acceptors (Lipinski definition) is 7. The lowest BCUT2D eigenvalue weighted by Crippen LogP contribution is -2.01. The highest BCUT2D eigenvalue weighted by Gasteiger charge is 2.21. The Labute approximate surface area is 192 Å².